The fourth-order valence-electron chi connectivity index (χ4n) is 0.967. The van der Waals surface area contributed by atoms with Crippen molar-refractivity contribution >= 4 is 21.7 Å². The second kappa shape index (κ2) is 3.16. The minimum absolute atomic E-state index is 0.288. The van der Waals surface area contributed by atoms with E-state index in [0.717, 1.165) is 24.6 Å². The molecule has 0 aromatic carbocycles. The average molecular weight is 189 g/mol. The van der Waals surface area contributed by atoms with Crippen LogP contribution in [0.15, 0.2) is 11.6 Å². The highest BCUT2D eigenvalue weighted by Gasteiger charge is 2.07. The summed E-state index contributed by atoms with van der Waals surface area (Å²) in [5, 5.41) is 0.860. The van der Waals surface area contributed by atoms with Crippen LogP contribution in [0.5, 0.6) is 0 Å². The molecule has 0 bridgehead atoms. The maximum Gasteiger partial charge on any atom is 0.155 e. The van der Waals surface area contributed by atoms with Gasteiger partial charge in [-0.1, -0.05) is 21.5 Å². The van der Waals surface area contributed by atoms with Crippen molar-refractivity contribution in [1.29, 1.82) is 0 Å². The van der Waals surface area contributed by atoms with E-state index in [1.807, 2.05) is 0 Å². The number of halogens is 1. The van der Waals surface area contributed by atoms with Crippen LogP contribution in [0.1, 0.15) is 19.3 Å². The summed E-state index contributed by atoms with van der Waals surface area (Å²) in [5.74, 6) is 0.288. The van der Waals surface area contributed by atoms with Gasteiger partial charge < -0.3 is 0 Å². The molecule has 50 valence electrons. The lowest BCUT2D eigenvalue weighted by Crippen LogP contribution is -2.02. The quantitative estimate of drug-likeness (QED) is 0.577. The highest BCUT2D eigenvalue weighted by atomic mass is 79.9. The van der Waals surface area contributed by atoms with Gasteiger partial charge in [-0.25, -0.2) is 0 Å². The van der Waals surface area contributed by atoms with Crippen molar-refractivity contribution in [2.24, 2.45) is 0 Å². The molecule has 0 aromatic heterocycles. The predicted molar refractivity (Wildman–Crippen MR) is 40.7 cm³/mol. The van der Waals surface area contributed by atoms with E-state index in [2.05, 4.69) is 15.9 Å². The van der Waals surface area contributed by atoms with E-state index in [0.29, 0.717) is 0 Å². The molecule has 0 radical (unpaired) electrons. The Morgan fingerprint density at radius 3 is 2.78 bits per heavy atom. The van der Waals surface area contributed by atoms with Gasteiger partial charge in [0.05, 0.1) is 0 Å². The number of rotatable bonds is 1. The smallest absolute Gasteiger partial charge is 0.155 e. The number of alkyl halides is 1. The molecule has 0 saturated heterocycles. The van der Waals surface area contributed by atoms with Gasteiger partial charge in [0.1, 0.15) is 0 Å². The van der Waals surface area contributed by atoms with Crippen molar-refractivity contribution in [3.63, 3.8) is 0 Å². The van der Waals surface area contributed by atoms with Crippen molar-refractivity contribution in [2.45, 2.75) is 19.3 Å². The van der Waals surface area contributed by atoms with Crippen LogP contribution >= 0.6 is 15.9 Å². The van der Waals surface area contributed by atoms with Crippen LogP contribution in [0.4, 0.5) is 0 Å². The van der Waals surface area contributed by atoms with Gasteiger partial charge in [-0.15, -0.1) is 0 Å². The topological polar surface area (TPSA) is 17.1 Å². The maximum absolute atomic E-state index is 10.7. The Kier molecular flexibility index (Phi) is 2.46. The molecule has 0 atom stereocenters. The molecule has 1 nitrogen and oxygen atoms in total. The summed E-state index contributed by atoms with van der Waals surface area (Å²) >= 11 is 3.32. The minimum Gasteiger partial charge on any atom is -0.295 e. The lowest BCUT2D eigenvalue weighted by molar-refractivity contribution is -0.115. The van der Waals surface area contributed by atoms with Crippen LogP contribution in [-0.2, 0) is 4.79 Å². The van der Waals surface area contributed by atoms with Gasteiger partial charge in [-0.2, -0.15) is 0 Å². The normalized spacial score (nSPS) is 19.7. The van der Waals surface area contributed by atoms with Crippen molar-refractivity contribution in [1.82, 2.24) is 0 Å². The Morgan fingerprint density at radius 1 is 1.56 bits per heavy atom. The highest BCUT2D eigenvalue weighted by Crippen LogP contribution is 2.16. The highest BCUT2D eigenvalue weighted by molar-refractivity contribution is 9.09. The molecular formula is C7H9BrO. The number of hydrogen-bond donors (Lipinski definition) is 0. The molecule has 0 N–H and O–H groups in total. The van der Waals surface area contributed by atoms with E-state index in [9.17, 15) is 4.79 Å². The summed E-state index contributed by atoms with van der Waals surface area (Å²) in [7, 11) is 0. The third kappa shape index (κ3) is 1.94. The van der Waals surface area contributed by atoms with Crippen LogP contribution in [-0.4, -0.2) is 11.1 Å². The van der Waals surface area contributed by atoms with Crippen LogP contribution in [0.25, 0.3) is 0 Å². The molecule has 1 rings (SSSR count). The van der Waals surface area contributed by atoms with Crippen molar-refractivity contribution in [2.75, 3.05) is 5.33 Å². The molecule has 0 unspecified atom stereocenters. The lowest BCUT2D eigenvalue weighted by Gasteiger charge is -2.07. The van der Waals surface area contributed by atoms with E-state index in [-0.39, 0.29) is 5.78 Å². The van der Waals surface area contributed by atoms with Crippen LogP contribution in [0, 0.1) is 0 Å². The van der Waals surface area contributed by atoms with E-state index in [4.69, 9.17) is 0 Å². The number of carbonyl (C=O) groups is 1. The van der Waals surface area contributed by atoms with Crippen LogP contribution < -0.4 is 0 Å². The zero-order valence-corrected chi connectivity index (χ0v) is 6.78. The third-order valence-electron chi connectivity index (χ3n) is 1.46. The van der Waals surface area contributed by atoms with Crippen molar-refractivity contribution in [3.8, 4) is 0 Å². The molecule has 0 amide bonds. The summed E-state index contributed by atoms with van der Waals surface area (Å²) in [4.78, 5) is 10.7. The molecule has 2 heteroatoms. The molecule has 0 spiro atoms. The molecule has 9 heavy (non-hydrogen) atoms. The van der Waals surface area contributed by atoms with Gasteiger partial charge >= 0.3 is 0 Å². The fraction of sp³-hybridized carbons (Fsp3) is 0.571. The zero-order chi connectivity index (χ0) is 6.69. The molecule has 0 aromatic rings. The Balaban J connectivity index is 2.59. The van der Waals surface area contributed by atoms with Crippen molar-refractivity contribution in [3.05, 3.63) is 11.6 Å². The first-order valence-electron chi connectivity index (χ1n) is 3.11. The van der Waals surface area contributed by atoms with Gasteiger partial charge in [0, 0.05) is 11.8 Å². The summed E-state index contributed by atoms with van der Waals surface area (Å²) in [5.41, 5.74) is 1.24. The first-order chi connectivity index (χ1) is 4.33. The zero-order valence-electron chi connectivity index (χ0n) is 5.19. The minimum atomic E-state index is 0.288. The molecule has 1 aliphatic rings. The Morgan fingerprint density at radius 2 is 2.33 bits per heavy atom. The van der Waals surface area contributed by atoms with E-state index >= 15 is 0 Å². The predicted octanol–water partition coefficient (Wildman–Crippen LogP) is 2.06. The first-order valence-corrected chi connectivity index (χ1v) is 4.23. The molecule has 0 aliphatic heterocycles. The molecule has 0 saturated carbocycles. The van der Waals surface area contributed by atoms with Crippen molar-refractivity contribution < 1.29 is 4.79 Å². The Bertz CT molecular complexity index is 149. The Labute approximate surface area is 63.3 Å². The van der Waals surface area contributed by atoms with Gasteiger partial charge in [0.15, 0.2) is 5.78 Å². The summed E-state index contributed by atoms with van der Waals surface area (Å²) < 4.78 is 0. The summed E-state index contributed by atoms with van der Waals surface area (Å²) in [6.45, 7) is 0. The summed E-state index contributed by atoms with van der Waals surface area (Å²) in [6.07, 6.45) is 4.64. The fourth-order valence-corrected chi connectivity index (χ4v) is 1.41. The number of hydrogen-bond acceptors (Lipinski definition) is 1. The standard InChI is InChI=1S/C7H9BrO/c8-5-6-2-1-3-7(9)4-6/h4H,1-3,5H2. The van der Waals surface area contributed by atoms with Gasteiger partial charge in [-0.05, 0) is 18.9 Å². The van der Waals surface area contributed by atoms with E-state index in [1.54, 1.807) is 6.08 Å². The van der Waals surface area contributed by atoms with Crippen LogP contribution in [0.3, 0.4) is 0 Å². The number of carbonyl (C=O) groups excluding carboxylic acids is 1. The first kappa shape index (κ1) is 7.00. The number of allylic oxidation sites excluding steroid dienone is 2. The second-order valence-electron chi connectivity index (χ2n) is 2.26. The number of ketones is 1. The lowest BCUT2D eigenvalue weighted by atomic mass is 10.0. The largest absolute Gasteiger partial charge is 0.295 e. The van der Waals surface area contributed by atoms with E-state index < -0.39 is 0 Å². The maximum atomic E-state index is 10.7. The Hall–Kier alpha value is -0.110. The van der Waals surface area contributed by atoms with Crippen LogP contribution in [0.2, 0.25) is 0 Å². The van der Waals surface area contributed by atoms with E-state index in [1.165, 1.54) is 5.57 Å². The molecule has 0 fully saturated rings. The average Bonchev–Trinajstić information content (AvgIpc) is 1.88. The SMILES string of the molecule is O=C1C=C(CBr)CCC1. The molecular weight excluding hydrogens is 180 g/mol. The van der Waals surface area contributed by atoms with Gasteiger partial charge in [0.2, 0.25) is 0 Å². The summed E-state index contributed by atoms with van der Waals surface area (Å²) in [6, 6.07) is 0. The third-order valence-corrected chi connectivity index (χ3v) is 2.18. The molecule has 0 heterocycles. The monoisotopic (exact) mass is 188 g/mol. The van der Waals surface area contributed by atoms with Gasteiger partial charge in [0.25, 0.3) is 0 Å². The second-order valence-corrected chi connectivity index (χ2v) is 2.82. The molecule has 1 aliphatic carbocycles. The van der Waals surface area contributed by atoms with Gasteiger partial charge in [-0.3, -0.25) is 4.79 Å².